The highest BCUT2D eigenvalue weighted by atomic mass is 16.3. The zero-order chi connectivity index (χ0) is 19.0. The molecule has 4 aromatic rings. The molecular formula is C21H13N3O3. The van der Waals surface area contributed by atoms with Crippen LogP contribution in [0.15, 0.2) is 70.3 Å². The first kappa shape index (κ1) is 16.4. The lowest BCUT2D eigenvalue weighted by Gasteiger charge is -2.09. The summed E-state index contributed by atoms with van der Waals surface area (Å²) in [6.07, 6.45) is 0. The van der Waals surface area contributed by atoms with Gasteiger partial charge in [-0.1, -0.05) is 30.3 Å². The summed E-state index contributed by atoms with van der Waals surface area (Å²) in [6.45, 7) is 0. The smallest absolute Gasteiger partial charge is 0.266 e. The fraction of sp³-hybridized carbons (Fsp3) is 0. The Bertz CT molecular complexity index is 1340. The second-order valence-electron chi connectivity index (χ2n) is 6.06. The topological polar surface area (TPSA) is 110 Å². The summed E-state index contributed by atoms with van der Waals surface area (Å²) in [5.41, 5.74) is 0.984. The standard InChI is InChI=1S/C21H13N3O3/c22-11-17-15(16-9-13-4-1-2-7-18(13)23-20(16)26)10-19(24-21(17)27)12-5-3-6-14(25)8-12/h1-10,25H,(H,23,26)(H,24,27). The first-order valence-electron chi connectivity index (χ1n) is 8.16. The third kappa shape index (κ3) is 2.87. The van der Waals surface area contributed by atoms with E-state index in [9.17, 15) is 20.0 Å². The van der Waals surface area contributed by atoms with Crippen LogP contribution < -0.4 is 11.1 Å². The number of aromatic hydroxyl groups is 1. The Hall–Kier alpha value is -4.11. The van der Waals surface area contributed by atoms with Crippen LogP contribution in [0, 0.1) is 11.3 Å². The van der Waals surface area contributed by atoms with E-state index in [0.29, 0.717) is 16.8 Å². The van der Waals surface area contributed by atoms with Gasteiger partial charge in [0.15, 0.2) is 0 Å². The highest BCUT2D eigenvalue weighted by Gasteiger charge is 2.16. The van der Waals surface area contributed by atoms with Gasteiger partial charge in [0.2, 0.25) is 0 Å². The van der Waals surface area contributed by atoms with Gasteiger partial charge in [0.25, 0.3) is 11.1 Å². The van der Waals surface area contributed by atoms with Gasteiger partial charge in [-0.15, -0.1) is 0 Å². The average molecular weight is 355 g/mol. The molecule has 0 bridgehead atoms. The van der Waals surface area contributed by atoms with E-state index < -0.39 is 11.1 Å². The Morgan fingerprint density at radius 1 is 0.852 bits per heavy atom. The maximum atomic E-state index is 12.6. The number of rotatable bonds is 2. The number of pyridine rings is 2. The fourth-order valence-electron chi connectivity index (χ4n) is 3.06. The van der Waals surface area contributed by atoms with Gasteiger partial charge in [-0.05, 0) is 35.7 Å². The molecule has 4 rings (SSSR count). The monoisotopic (exact) mass is 355 g/mol. The minimum Gasteiger partial charge on any atom is -0.508 e. The quantitative estimate of drug-likeness (QED) is 0.513. The number of phenols is 1. The lowest BCUT2D eigenvalue weighted by atomic mass is 9.99. The van der Waals surface area contributed by atoms with Gasteiger partial charge in [-0.25, -0.2) is 0 Å². The van der Waals surface area contributed by atoms with Crippen LogP contribution in [-0.2, 0) is 0 Å². The summed E-state index contributed by atoms with van der Waals surface area (Å²) >= 11 is 0. The molecule has 0 spiro atoms. The largest absolute Gasteiger partial charge is 0.508 e. The van der Waals surface area contributed by atoms with E-state index in [-0.39, 0.29) is 22.4 Å². The number of hydrogen-bond donors (Lipinski definition) is 3. The summed E-state index contributed by atoms with van der Waals surface area (Å²) in [4.78, 5) is 30.5. The number of H-pyrrole nitrogens is 2. The van der Waals surface area contributed by atoms with E-state index in [4.69, 9.17) is 0 Å². The number of aromatic nitrogens is 2. The lowest BCUT2D eigenvalue weighted by molar-refractivity contribution is 0.475. The minimum atomic E-state index is -0.596. The zero-order valence-electron chi connectivity index (χ0n) is 14.0. The summed E-state index contributed by atoms with van der Waals surface area (Å²) in [6, 6.07) is 18.8. The maximum Gasteiger partial charge on any atom is 0.266 e. The number of para-hydroxylation sites is 1. The molecule has 27 heavy (non-hydrogen) atoms. The van der Waals surface area contributed by atoms with E-state index in [2.05, 4.69) is 9.97 Å². The molecule has 2 aromatic carbocycles. The van der Waals surface area contributed by atoms with Gasteiger partial charge in [0.1, 0.15) is 17.4 Å². The van der Waals surface area contributed by atoms with E-state index in [0.717, 1.165) is 5.39 Å². The van der Waals surface area contributed by atoms with Crippen molar-refractivity contribution >= 4 is 10.9 Å². The molecule has 130 valence electrons. The van der Waals surface area contributed by atoms with Crippen LogP contribution in [0.5, 0.6) is 5.75 Å². The van der Waals surface area contributed by atoms with Gasteiger partial charge >= 0.3 is 0 Å². The van der Waals surface area contributed by atoms with Crippen LogP contribution in [0.1, 0.15) is 5.56 Å². The highest BCUT2D eigenvalue weighted by molar-refractivity contribution is 5.85. The predicted molar refractivity (Wildman–Crippen MR) is 102 cm³/mol. The Labute approximate surface area is 153 Å². The summed E-state index contributed by atoms with van der Waals surface area (Å²) in [7, 11) is 0. The predicted octanol–water partition coefficient (Wildman–Crippen LogP) is 3.13. The normalized spacial score (nSPS) is 10.6. The van der Waals surface area contributed by atoms with Crippen molar-refractivity contribution in [1.82, 2.24) is 9.97 Å². The van der Waals surface area contributed by atoms with Crippen molar-refractivity contribution in [2.24, 2.45) is 0 Å². The third-order valence-corrected chi connectivity index (χ3v) is 4.35. The molecular weight excluding hydrogens is 342 g/mol. The van der Waals surface area contributed by atoms with Crippen LogP contribution in [0.3, 0.4) is 0 Å². The molecule has 2 heterocycles. The van der Waals surface area contributed by atoms with Crippen LogP contribution in [0.4, 0.5) is 0 Å². The van der Waals surface area contributed by atoms with Gasteiger partial charge in [-0.2, -0.15) is 5.26 Å². The molecule has 0 radical (unpaired) electrons. The molecule has 0 saturated carbocycles. The van der Waals surface area contributed by atoms with Gasteiger partial charge in [0, 0.05) is 27.9 Å². The van der Waals surface area contributed by atoms with E-state index >= 15 is 0 Å². The second-order valence-corrected chi connectivity index (χ2v) is 6.06. The number of nitrogens with zero attached hydrogens (tertiary/aromatic N) is 1. The molecule has 0 amide bonds. The van der Waals surface area contributed by atoms with Crippen LogP contribution in [0.25, 0.3) is 33.3 Å². The molecule has 0 unspecified atom stereocenters. The van der Waals surface area contributed by atoms with Crippen molar-refractivity contribution in [2.45, 2.75) is 0 Å². The van der Waals surface area contributed by atoms with E-state index in [1.807, 2.05) is 24.3 Å². The Balaban J connectivity index is 2.03. The number of fused-ring (bicyclic) bond motifs is 1. The molecule has 0 fully saturated rings. The fourth-order valence-corrected chi connectivity index (χ4v) is 3.06. The highest BCUT2D eigenvalue weighted by Crippen LogP contribution is 2.27. The molecule has 0 saturated heterocycles. The number of nitriles is 1. The number of aromatic amines is 2. The Morgan fingerprint density at radius 2 is 1.67 bits per heavy atom. The molecule has 0 atom stereocenters. The molecule has 2 aromatic heterocycles. The number of benzene rings is 2. The lowest BCUT2D eigenvalue weighted by Crippen LogP contribution is -2.16. The summed E-state index contributed by atoms with van der Waals surface area (Å²) in [5, 5.41) is 19.9. The Kier molecular flexibility index (Phi) is 3.83. The zero-order valence-corrected chi connectivity index (χ0v) is 14.0. The first-order valence-corrected chi connectivity index (χ1v) is 8.16. The second kappa shape index (κ2) is 6.32. The van der Waals surface area contributed by atoms with Crippen LogP contribution in [-0.4, -0.2) is 15.1 Å². The van der Waals surface area contributed by atoms with Crippen LogP contribution in [0.2, 0.25) is 0 Å². The van der Waals surface area contributed by atoms with Crippen molar-refractivity contribution in [1.29, 1.82) is 5.26 Å². The third-order valence-electron chi connectivity index (χ3n) is 4.35. The van der Waals surface area contributed by atoms with Gasteiger partial charge < -0.3 is 15.1 Å². The van der Waals surface area contributed by atoms with Gasteiger partial charge in [0.05, 0.1) is 0 Å². The Morgan fingerprint density at radius 3 is 2.44 bits per heavy atom. The summed E-state index contributed by atoms with van der Waals surface area (Å²) < 4.78 is 0. The number of hydrogen-bond acceptors (Lipinski definition) is 4. The van der Waals surface area contributed by atoms with Crippen molar-refractivity contribution in [2.75, 3.05) is 0 Å². The summed E-state index contributed by atoms with van der Waals surface area (Å²) in [5.74, 6) is 0.0443. The van der Waals surface area contributed by atoms with Crippen molar-refractivity contribution < 1.29 is 5.11 Å². The van der Waals surface area contributed by atoms with Gasteiger partial charge in [-0.3, -0.25) is 9.59 Å². The SMILES string of the molecule is N#Cc1c(-c2cc3ccccc3[nH]c2=O)cc(-c2cccc(O)c2)[nH]c1=O. The number of nitrogens with one attached hydrogen (secondary N) is 2. The average Bonchev–Trinajstić information content (AvgIpc) is 2.67. The van der Waals surface area contributed by atoms with E-state index in [1.54, 1.807) is 30.3 Å². The van der Waals surface area contributed by atoms with E-state index in [1.165, 1.54) is 12.1 Å². The molecule has 0 aliphatic carbocycles. The molecule has 3 N–H and O–H groups in total. The van der Waals surface area contributed by atoms with Crippen LogP contribution >= 0.6 is 0 Å². The van der Waals surface area contributed by atoms with Crippen molar-refractivity contribution in [3.8, 4) is 34.2 Å². The molecule has 0 aliphatic heterocycles. The minimum absolute atomic E-state index is 0.0443. The van der Waals surface area contributed by atoms with Crippen molar-refractivity contribution in [3.63, 3.8) is 0 Å². The number of phenolic OH excluding ortho intramolecular Hbond substituents is 1. The maximum absolute atomic E-state index is 12.6. The molecule has 6 nitrogen and oxygen atoms in total. The first-order chi connectivity index (χ1) is 13.1. The molecule has 0 aliphatic rings. The molecule has 6 heteroatoms. The van der Waals surface area contributed by atoms with Crippen molar-refractivity contribution in [3.05, 3.63) is 86.9 Å².